The van der Waals surface area contributed by atoms with E-state index in [1.807, 2.05) is 42.5 Å². The molecule has 0 radical (unpaired) electrons. The highest BCUT2D eigenvalue weighted by Crippen LogP contribution is 2.35. The van der Waals surface area contributed by atoms with Crippen LogP contribution in [0.15, 0.2) is 52.9 Å². The van der Waals surface area contributed by atoms with Crippen LogP contribution in [0.5, 0.6) is 0 Å². The van der Waals surface area contributed by atoms with Gasteiger partial charge in [0.25, 0.3) is 5.91 Å². The van der Waals surface area contributed by atoms with Crippen molar-refractivity contribution in [2.24, 2.45) is 0 Å². The molecule has 0 unspecified atom stereocenters. The highest BCUT2D eigenvalue weighted by molar-refractivity contribution is 6.02. The number of nitrogens with one attached hydrogen (secondary N) is 2. The predicted molar refractivity (Wildman–Crippen MR) is 95.1 cm³/mol. The Balaban J connectivity index is 1.80. The summed E-state index contributed by atoms with van der Waals surface area (Å²) in [5.41, 5.74) is 3.45. The highest BCUT2D eigenvalue weighted by atomic mass is 16.3. The molecule has 3 aromatic rings. The third-order valence-electron chi connectivity index (χ3n) is 4.50. The molecule has 0 bridgehead atoms. The minimum absolute atomic E-state index is 0.0546. The zero-order valence-electron chi connectivity index (χ0n) is 13.6. The number of rotatable bonds is 4. The summed E-state index contributed by atoms with van der Waals surface area (Å²) in [5, 5.41) is 7.58. The Kier molecular flexibility index (Phi) is 3.73. The number of hydrogen-bond donors (Lipinski definition) is 2. The molecule has 1 atom stereocenters. The summed E-state index contributed by atoms with van der Waals surface area (Å²) in [6.45, 7) is 2.17. The van der Waals surface area contributed by atoms with Gasteiger partial charge in [0.05, 0.1) is 5.56 Å². The standard InChI is InChI=1S/C20H20N2O2/c1-2-3-11-17-18(14-9-5-7-12-16(14)24-17)19-21-15-10-6-4-8-13(15)20(23)22-19/h4-10,12,19,21H,2-3,11H2,1H3,(H,22,23)/t19-/m1/s1. The smallest absolute Gasteiger partial charge is 0.255 e. The number of carbonyl (C=O) groups is 1. The van der Waals surface area contributed by atoms with Crippen molar-refractivity contribution in [3.63, 3.8) is 0 Å². The maximum absolute atomic E-state index is 12.5. The van der Waals surface area contributed by atoms with Crippen molar-refractivity contribution in [2.45, 2.75) is 32.4 Å². The van der Waals surface area contributed by atoms with Gasteiger partial charge in [-0.15, -0.1) is 0 Å². The van der Waals surface area contributed by atoms with Crippen LogP contribution in [-0.2, 0) is 6.42 Å². The fraction of sp³-hybridized carbons (Fsp3) is 0.250. The van der Waals surface area contributed by atoms with Gasteiger partial charge in [0.1, 0.15) is 17.5 Å². The predicted octanol–water partition coefficient (Wildman–Crippen LogP) is 4.63. The second-order valence-corrected chi connectivity index (χ2v) is 6.14. The van der Waals surface area contributed by atoms with Crippen LogP contribution in [0.1, 0.15) is 47.6 Å². The summed E-state index contributed by atoms with van der Waals surface area (Å²) in [5.74, 6) is 0.899. The quantitative estimate of drug-likeness (QED) is 0.737. The zero-order valence-corrected chi connectivity index (χ0v) is 13.6. The Labute approximate surface area is 140 Å². The summed E-state index contributed by atoms with van der Waals surface area (Å²) in [6, 6.07) is 15.6. The largest absolute Gasteiger partial charge is 0.461 e. The van der Waals surface area contributed by atoms with Gasteiger partial charge in [-0.2, -0.15) is 0 Å². The van der Waals surface area contributed by atoms with Gasteiger partial charge >= 0.3 is 0 Å². The van der Waals surface area contributed by atoms with E-state index < -0.39 is 0 Å². The first-order chi connectivity index (χ1) is 11.8. The van der Waals surface area contributed by atoms with Crippen LogP contribution in [0.25, 0.3) is 11.0 Å². The van der Waals surface area contributed by atoms with Crippen molar-refractivity contribution >= 4 is 22.6 Å². The number of amides is 1. The molecule has 1 amide bonds. The molecule has 2 N–H and O–H groups in total. The van der Waals surface area contributed by atoms with Crippen molar-refractivity contribution in [1.82, 2.24) is 5.32 Å². The number of furan rings is 1. The Morgan fingerprint density at radius 1 is 1.04 bits per heavy atom. The molecule has 4 nitrogen and oxygen atoms in total. The van der Waals surface area contributed by atoms with Crippen LogP contribution in [0.4, 0.5) is 5.69 Å². The molecule has 1 aliphatic rings. The Morgan fingerprint density at radius 3 is 2.71 bits per heavy atom. The number of unbranched alkanes of at least 4 members (excludes halogenated alkanes) is 1. The molecule has 0 saturated heterocycles. The Hall–Kier alpha value is -2.75. The van der Waals surface area contributed by atoms with Gasteiger partial charge in [-0.25, -0.2) is 0 Å². The average Bonchev–Trinajstić information content (AvgIpc) is 2.98. The van der Waals surface area contributed by atoms with Crippen molar-refractivity contribution in [2.75, 3.05) is 5.32 Å². The molecule has 24 heavy (non-hydrogen) atoms. The van der Waals surface area contributed by atoms with Gasteiger partial charge in [-0.3, -0.25) is 4.79 Å². The van der Waals surface area contributed by atoms with E-state index in [0.29, 0.717) is 5.56 Å². The normalized spacial score (nSPS) is 16.5. The molecule has 2 heterocycles. The fourth-order valence-corrected chi connectivity index (χ4v) is 3.31. The van der Waals surface area contributed by atoms with E-state index in [2.05, 4.69) is 23.6 Å². The Morgan fingerprint density at radius 2 is 1.83 bits per heavy atom. The molecule has 0 spiro atoms. The Bertz CT molecular complexity index is 898. The van der Waals surface area contributed by atoms with Gasteiger partial charge in [0.2, 0.25) is 0 Å². The summed E-state index contributed by atoms with van der Waals surface area (Å²) in [4.78, 5) is 12.5. The lowest BCUT2D eigenvalue weighted by Gasteiger charge is -2.28. The van der Waals surface area contributed by atoms with E-state index in [-0.39, 0.29) is 12.1 Å². The molecule has 1 aromatic heterocycles. The van der Waals surface area contributed by atoms with Crippen LogP contribution >= 0.6 is 0 Å². The van der Waals surface area contributed by atoms with Crippen molar-refractivity contribution in [3.05, 3.63) is 65.4 Å². The maximum atomic E-state index is 12.5. The van der Waals surface area contributed by atoms with Crippen LogP contribution in [0, 0.1) is 0 Å². The molecular weight excluding hydrogens is 300 g/mol. The SMILES string of the molecule is CCCCc1oc2ccccc2c1[C@H]1NC(=O)c2ccccc2N1. The molecule has 0 fully saturated rings. The number of anilines is 1. The van der Waals surface area contributed by atoms with E-state index in [9.17, 15) is 4.79 Å². The third-order valence-corrected chi connectivity index (χ3v) is 4.50. The molecule has 4 heteroatoms. The van der Waals surface area contributed by atoms with Gasteiger partial charge < -0.3 is 15.1 Å². The maximum Gasteiger partial charge on any atom is 0.255 e. The molecule has 0 saturated carbocycles. The van der Waals surface area contributed by atoms with Gasteiger partial charge in [0.15, 0.2) is 0 Å². The summed E-state index contributed by atoms with van der Waals surface area (Å²) in [6.07, 6.45) is 2.76. The zero-order chi connectivity index (χ0) is 16.5. The lowest BCUT2D eigenvalue weighted by molar-refractivity contribution is 0.0935. The summed E-state index contributed by atoms with van der Waals surface area (Å²) >= 11 is 0. The van der Waals surface area contributed by atoms with Gasteiger partial charge in [-0.05, 0) is 24.6 Å². The molecule has 1 aliphatic heterocycles. The van der Waals surface area contributed by atoms with E-state index in [1.54, 1.807) is 0 Å². The number of hydrogen-bond acceptors (Lipinski definition) is 3. The number of carbonyl (C=O) groups excluding carboxylic acids is 1. The van der Waals surface area contributed by atoms with Crippen molar-refractivity contribution < 1.29 is 9.21 Å². The minimum atomic E-state index is -0.275. The van der Waals surface area contributed by atoms with Gasteiger partial charge in [0, 0.05) is 23.1 Å². The summed E-state index contributed by atoms with van der Waals surface area (Å²) in [7, 11) is 0. The van der Waals surface area contributed by atoms with Crippen molar-refractivity contribution in [3.8, 4) is 0 Å². The minimum Gasteiger partial charge on any atom is -0.461 e. The van der Waals surface area contributed by atoms with Crippen LogP contribution in [0.3, 0.4) is 0 Å². The highest BCUT2D eigenvalue weighted by Gasteiger charge is 2.29. The number of aryl methyl sites for hydroxylation is 1. The first-order valence-electron chi connectivity index (χ1n) is 8.44. The first kappa shape index (κ1) is 14.8. The summed E-state index contributed by atoms with van der Waals surface area (Å²) < 4.78 is 6.09. The van der Waals surface area contributed by atoms with Crippen molar-refractivity contribution in [1.29, 1.82) is 0 Å². The molecule has 4 rings (SSSR count). The molecular formula is C20H20N2O2. The fourth-order valence-electron chi connectivity index (χ4n) is 3.31. The van der Waals surface area contributed by atoms with E-state index >= 15 is 0 Å². The topological polar surface area (TPSA) is 54.3 Å². The number of fused-ring (bicyclic) bond motifs is 2. The number of benzene rings is 2. The lowest BCUT2D eigenvalue weighted by Crippen LogP contribution is -2.38. The average molecular weight is 320 g/mol. The molecule has 122 valence electrons. The third kappa shape index (κ3) is 2.44. The molecule has 0 aliphatic carbocycles. The van der Waals surface area contributed by atoms with Crippen LogP contribution in [0.2, 0.25) is 0 Å². The van der Waals surface area contributed by atoms with E-state index in [0.717, 1.165) is 47.2 Å². The monoisotopic (exact) mass is 320 g/mol. The second kappa shape index (κ2) is 6.04. The van der Waals surface area contributed by atoms with Crippen LogP contribution < -0.4 is 10.6 Å². The van der Waals surface area contributed by atoms with E-state index in [4.69, 9.17) is 4.42 Å². The second-order valence-electron chi connectivity index (χ2n) is 6.14. The first-order valence-corrected chi connectivity index (χ1v) is 8.44. The lowest BCUT2D eigenvalue weighted by atomic mass is 10.0. The van der Waals surface area contributed by atoms with Gasteiger partial charge in [-0.1, -0.05) is 43.7 Å². The molecule has 2 aromatic carbocycles. The van der Waals surface area contributed by atoms with Crippen LogP contribution in [-0.4, -0.2) is 5.91 Å². The number of para-hydroxylation sites is 2. The van der Waals surface area contributed by atoms with E-state index in [1.165, 1.54) is 0 Å².